The van der Waals surface area contributed by atoms with Gasteiger partial charge >= 0.3 is 0 Å². The zero-order valence-electron chi connectivity index (χ0n) is 4.43. The Morgan fingerprint density at radius 2 is 2.29 bits per heavy atom. The van der Waals surface area contributed by atoms with E-state index in [-0.39, 0.29) is 6.10 Å². The molecule has 0 aromatic carbocycles. The lowest BCUT2D eigenvalue weighted by Gasteiger charge is -2.01. The van der Waals surface area contributed by atoms with Gasteiger partial charge in [-0.1, -0.05) is 6.92 Å². The van der Waals surface area contributed by atoms with Crippen LogP contribution in [0.2, 0.25) is 0 Å². The molecule has 0 aromatic rings. The van der Waals surface area contributed by atoms with E-state index in [1.807, 2.05) is 0 Å². The fraction of sp³-hybridized carbons (Fsp3) is 0.800. The molecule has 0 amide bonds. The third-order valence-electron chi connectivity index (χ3n) is 0.833. The highest BCUT2D eigenvalue weighted by atomic mass is 16.3. The maximum atomic E-state index is 8.72. The SMILES string of the molecule is [CH2]CC(O)CCN. The van der Waals surface area contributed by atoms with Gasteiger partial charge in [-0.2, -0.15) is 0 Å². The molecule has 2 heteroatoms. The molecule has 0 bridgehead atoms. The van der Waals surface area contributed by atoms with Crippen LogP contribution in [0.4, 0.5) is 0 Å². The smallest absolute Gasteiger partial charge is 0.0552 e. The Bertz CT molecular complexity index is 39.1. The van der Waals surface area contributed by atoms with Crippen LogP contribution in [0.25, 0.3) is 0 Å². The van der Waals surface area contributed by atoms with Crippen LogP contribution in [0.15, 0.2) is 0 Å². The summed E-state index contributed by atoms with van der Waals surface area (Å²) in [7, 11) is 0. The predicted molar refractivity (Wildman–Crippen MR) is 29.7 cm³/mol. The normalized spacial score (nSPS) is 14.1. The number of rotatable bonds is 3. The quantitative estimate of drug-likeness (QED) is 0.523. The van der Waals surface area contributed by atoms with Crippen LogP contribution in [0, 0.1) is 6.92 Å². The molecular formula is C5H12NO. The summed E-state index contributed by atoms with van der Waals surface area (Å²) in [6.45, 7) is 4.05. The second-order valence-electron chi connectivity index (χ2n) is 1.52. The minimum Gasteiger partial charge on any atom is -0.393 e. The lowest BCUT2D eigenvalue weighted by atomic mass is 10.2. The van der Waals surface area contributed by atoms with Crippen molar-refractivity contribution in [2.24, 2.45) is 5.73 Å². The molecule has 0 saturated heterocycles. The predicted octanol–water partition coefficient (Wildman–Crippen LogP) is -0.0797. The van der Waals surface area contributed by atoms with Crippen LogP contribution in [0.3, 0.4) is 0 Å². The molecule has 0 aliphatic heterocycles. The highest BCUT2D eigenvalue weighted by molar-refractivity contribution is 4.55. The highest BCUT2D eigenvalue weighted by Gasteiger charge is 1.94. The van der Waals surface area contributed by atoms with Crippen molar-refractivity contribution in [1.82, 2.24) is 0 Å². The van der Waals surface area contributed by atoms with Crippen molar-refractivity contribution in [2.45, 2.75) is 18.9 Å². The van der Waals surface area contributed by atoms with E-state index in [4.69, 9.17) is 10.8 Å². The average molecular weight is 102 g/mol. The molecule has 0 rings (SSSR count). The van der Waals surface area contributed by atoms with Crippen molar-refractivity contribution in [3.8, 4) is 0 Å². The van der Waals surface area contributed by atoms with Gasteiger partial charge in [0.05, 0.1) is 6.10 Å². The molecule has 0 fully saturated rings. The molecule has 3 N–H and O–H groups in total. The lowest BCUT2D eigenvalue weighted by Crippen LogP contribution is -2.11. The van der Waals surface area contributed by atoms with Gasteiger partial charge in [-0.05, 0) is 19.4 Å². The summed E-state index contributed by atoms with van der Waals surface area (Å²) in [5.74, 6) is 0. The Morgan fingerprint density at radius 1 is 1.71 bits per heavy atom. The van der Waals surface area contributed by atoms with E-state index in [2.05, 4.69) is 6.92 Å². The molecule has 43 valence electrons. The van der Waals surface area contributed by atoms with Gasteiger partial charge in [-0.25, -0.2) is 0 Å². The molecule has 0 aliphatic carbocycles. The summed E-state index contributed by atoms with van der Waals surface area (Å²) in [6.07, 6.45) is 0.950. The molecule has 1 unspecified atom stereocenters. The van der Waals surface area contributed by atoms with Crippen molar-refractivity contribution in [1.29, 1.82) is 0 Å². The van der Waals surface area contributed by atoms with E-state index >= 15 is 0 Å². The van der Waals surface area contributed by atoms with Gasteiger partial charge < -0.3 is 10.8 Å². The highest BCUT2D eigenvalue weighted by Crippen LogP contribution is 1.91. The molecule has 0 heterocycles. The van der Waals surface area contributed by atoms with Crippen molar-refractivity contribution >= 4 is 0 Å². The lowest BCUT2D eigenvalue weighted by molar-refractivity contribution is 0.170. The van der Waals surface area contributed by atoms with Gasteiger partial charge in [-0.15, -0.1) is 0 Å². The van der Waals surface area contributed by atoms with Crippen LogP contribution in [0.5, 0.6) is 0 Å². The summed E-state index contributed by atoms with van der Waals surface area (Å²) in [5.41, 5.74) is 5.12. The summed E-state index contributed by atoms with van der Waals surface area (Å²) >= 11 is 0. The average Bonchev–Trinajstić information content (AvgIpc) is 1.68. The van der Waals surface area contributed by atoms with Crippen LogP contribution < -0.4 is 5.73 Å². The third kappa shape index (κ3) is 3.76. The number of aliphatic hydroxyl groups excluding tert-OH is 1. The second-order valence-corrected chi connectivity index (χ2v) is 1.52. The summed E-state index contributed by atoms with van der Waals surface area (Å²) < 4.78 is 0. The minimum absolute atomic E-state index is 0.287. The van der Waals surface area contributed by atoms with Gasteiger partial charge in [-0.3, -0.25) is 0 Å². The topological polar surface area (TPSA) is 46.2 Å². The molecule has 0 aromatic heterocycles. The van der Waals surface area contributed by atoms with Gasteiger partial charge in [0.2, 0.25) is 0 Å². The first-order chi connectivity index (χ1) is 3.31. The molecule has 0 spiro atoms. The Kier molecular flexibility index (Phi) is 4.04. The number of nitrogens with two attached hydrogens (primary N) is 1. The van der Waals surface area contributed by atoms with E-state index in [0.29, 0.717) is 19.4 Å². The summed E-state index contributed by atoms with van der Waals surface area (Å²) in [6, 6.07) is 0. The van der Waals surface area contributed by atoms with Crippen LogP contribution in [-0.2, 0) is 0 Å². The van der Waals surface area contributed by atoms with Gasteiger partial charge in [0, 0.05) is 0 Å². The Labute approximate surface area is 44.3 Å². The van der Waals surface area contributed by atoms with Gasteiger partial charge in [0.15, 0.2) is 0 Å². The number of aliphatic hydroxyl groups is 1. The molecule has 1 atom stereocenters. The van der Waals surface area contributed by atoms with Crippen LogP contribution in [0.1, 0.15) is 12.8 Å². The maximum Gasteiger partial charge on any atom is 0.0552 e. The zero-order chi connectivity index (χ0) is 5.70. The molecular weight excluding hydrogens is 90.1 g/mol. The van der Waals surface area contributed by atoms with Crippen molar-refractivity contribution < 1.29 is 5.11 Å². The fourth-order valence-corrected chi connectivity index (χ4v) is 0.337. The van der Waals surface area contributed by atoms with Gasteiger partial charge in [0.1, 0.15) is 0 Å². The molecule has 0 aliphatic rings. The molecule has 2 nitrogen and oxygen atoms in total. The van der Waals surface area contributed by atoms with E-state index in [1.165, 1.54) is 0 Å². The van der Waals surface area contributed by atoms with Gasteiger partial charge in [0.25, 0.3) is 0 Å². The minimum atomic E-state index is -0.287. The standard InChI is InChI=1S/C5H12NO/c1-2-5(7)3-4-6/h5,7H,1-4,6H2. The summed E-state index contributed by atoms with van der Waals surface area (Å²) in [4.78, 5) is 0. The van der Waals surface area contributed by atoms with E-state index in [1.54, 1.807) is 0 Å². The zero-order valence-corrected chi connectivity index (χ0v) is 4.43. The Hall–Kier alpha value is -0.0800. The van der Waals surface area contributed by atoms with E-state index < -0.39 is 0 Å². The van der Waals surface area contributed by atoms with E-state index in [0.717, 1.165) is 0 Å². The largest absolute Gasteiger partial charge is 0.393 e. The summed E-state index contributed by atoms with van der Waals surface area (Å²) in [5, 5.41) is 8.72. The molecule has 1 radical (unpaired) electrons. The maximum absolute atomic E-state index is 8.72. The molecule has 7 heavy (non-hydrogen) atoms. The first-order valence-electron chi connectivity index (χ1n) is 2.48. The van der Waals surface area contributed by atoms with Crippen LogP contribution in [-0.4, -0.2) is 17.8 Å². The Morgan fingerprint density at radius 3 is 2.43 bits per heavy atom. The van der Waals surface area contributed by atoms with Crippen LogP contribution >= 0.6 is 0 Å². The molecule has 0 saturated carbocycles. The second kappa shape index (κ2) is 4.09. The Balaban J connectivity index is 2.83. The van der Waals surface area contributed by atoms with E-state index in [9.17, 15) is 0 Å². The van der Waals surface area contributed by atoms with Crippen molar-refractivity contribution in [3.05, 3.63) is 6.92 Å². The number of hydrogen-bond acceptors (Lipinski definition) is 2. The monoisotopic (exact) mass is 102 g/mol. The first kappa shape index (κ1) is 6.92. The van der Waals surface area contributed by atoms with Crippen molar-refractivity contribution in [2.75, 3.05) is 6.54 Å². The fourth-order valence-electron chi connectivity index (χ4n) is 0.337. The third-order valence-corrected chi connectivity index (χ3v) is 0.833. The first-order valence-corrected chi connectivity index (χ1v) is 2.48. The van der Waals surface area contributed by atoms with Crippen molar-refractivity contribution in [3.63, 3.8) is 0 Å². The number of hydrogen-bond donors (Lipinski definition) is 2.